The number of nitrogens with one attached hydrogen (secondary N) is 1. The van der Waals surface area contributed by atoms with Gasteiger partial charge in [-0.05, 0) is 39.1 Å². The van der Waals surface area contributed by atoms with E-state index in [-0.39, 0.29) is 42.2 Å². The SMILES string of the molecule is CNC1(C)CC(=O)N(CCCN2CCN(c3cccc(F)c3OC)CC2)C1=O.Cl. The van der Waals surface area contributed by atoms with E-state index in [1.807, 2.05) is 6.07 Å². The molecule has 2 aliphatic heterocycles. The molecule has 0 aliphatic carbocycles. The summed E-state index contributed by atoms with van der Waals surface area (Å²) in [6, 6.07) is 4.97. The number of carbonyl (C=O) groups is 2. The van der Waals surface area contributed by atoms with Crippen LogP contribution in [0.4, 0.5) is 10.1 Å². The first-order chi connectivity index (χ1) is 13.4. The van der Waals surface area contributed by atoms with Crippen LogP contribution in [0.3, 0.4) is 0 Å². The van der Waals surface area contributed by atoms with Gasteiger partial charge in [-0.3, -0.25) is 19.4 Å². The smallest absolute Gasteiger partial charge is 0.249 e. The van der Waals surface area contributed by atoms with Crippen LogP contribution in [0.2, 0.25) is 0 Å². The van der Waals surface area contributed by atoms with Gasteiger partial charge in [-0.15, -0.1) is 12.4 Å². The molecule has 0 bridgehead atoms. The molecule has 29 heavy (non-hydrogen) atoms. The number of carbonyl (C=O) groups excluding carboxylic acids is 2. The number of para-hydroxylation sites is 1. The zero-order chi connectivity index (χ0) is 20.3. The van der Waals surface area contributed by atoms with E-state index in [0.29, 0.717) is 6.54 Å². The number of benzene rings is 1. The maximum Gasteiger partial charge on any atom is 0.249 e. The molecule has 2 aliphatic rings. The maximum absolute atomic E-state index is 13.9. The van der Waals surface area contributed by atoms with Gasteiger partial charge in [0.2, 0.25) is 11.8 Å². The third kappa shape index (κ3) is 4.82. The highest BCUT2D eigenvalue weighted by Gasteiger charge is 2.46. The van der Waals surface area contributed by atoms with Crippen molar-refractivity contribution < 1.29 is 18.7 Å². The summed E-state index contributed by atoms with van der Waals surface area (Å²) < 4.78 is 19.1. The first-order valence-corrected chi connectivity index (χ1v) is 9.73. The van der Waals surface area contributed by atoms with Gasteiger partial charge in [0.05, 0.1) is 19.2 Å². The molecular weight excluding hydrogens is 399 g/mol. The first kappa shape index (κ1) is 23.4. The Balaban J connectivity index is 0.00000300. The molecule has 1 atom stereocenters. The number of nitrogens with zero attached hydrogens (tertiary/aromatic N) is 3. The highest BCUT2D eigenvalue weighted by atomic mass is 35.5. The Labute approximate surface area is 177 Å². The summed E-state index contributed by atoms with van der Waals surface area (Å²) in [5.41, 5.74) is 0.00830. The van der Waals surface area contributed by atoms with Gasteiger partial charge in [0.15, 0.2) is 11.6 Å². The molecule has 2 saturated heterocycles. The van der Waals surface area contributed by atoms with Crippen LogP contribution in [-0.2, 0) is 9.59 Å². The van der Waals surface area contributed by atoms with Crippen LogP contribution in [0.15, 0.2) is 18.2 Å². The lowest BCUT2D eigenvalue weighted by atomic mass is 10.0. The lowest BCUT2D eigenvalue weighted by Gasteiger charge is -2.36. The molecule has 1 aromatic carbocycles. The zero-order valence-corrected chi connectivity index (χ0v) is 18.1. The molecule has 7 nitrogen and oxygen atoms in total. The monoisotopic (exact) mass is 428 g/mol. The van der Waals surface area contributed by atoms with Crippen LogP contribution in [0.1, 0.15) is 19.8 Å². The minimum Gasteiger partial charge on any atom is -0.492 e. The fourth-order valence-corrected chi connectivity index (χ4v) is 3.92. The Kier molecular flexibility index (Phi) is 7.85. The summed E-state index contributed by atoms with van der Waals surface area (Å²) in [7, 11) is 3.19. The minimum atomic E-state index is -0.771. The number of likely N-dealkylation sites (N-methyl/N-ethyl adjacent to an activating group) is 1. The summed E-state index contributed by atoms with van der Waals surface area (Å²) >= 11 is 0. The molecule has 2 amide bonds. The van der Waals surface area contributed by atoms with Gasteiger partial charge in [-0.1, -0.05) is 6.07 Å². The van der Waals surface area contributed by atoms with Crippen LogP contribution in [0, 0.1) is 5.82 Å². The predicted octanol–water partition coefficient (Wildman–Crippen LogP) is 1.51. The fourth-order valence-electron chi connectivity index (χ4n) is 3.92. The molecule has 162 valence electrons. The molecule has 3 rings (SSSR count). The largest absolute Gasteiger partial charge is 0.492 e. The molecule has 0 saturated carbocycles. The van der Waals surface area contributed by atoms with Gasteiger partial charge < -0.3 is 15.0 Å². The summed E-state index contributed by atoms with van der Waals surface area (Å²) in [6.07, 6.45) is 0.969. The fraction of sp³-hybridized carbons (Fsp3) is 0.600. The van der Waals surface area contributed by atoms with Gasteiger partial charge in [-0.2, -0.15) is 0 Å². The molecule has 0 spiro atoms. The van der Waals surface area contributed by atoms with Crippen LogP contribution >= 0.6 is 12.4 Å². The van der Waals surface area contributed by atoms with E-state index in [9.17, 15) is 14.0 Å². The molecule has 0 aromatic heterocycles. The van der Waals surface area contributed by atoms with Crippen molar-refractivity contribution in [2.45, 2.75) is 25.3 Å². The second kappa shape index (κ2) is 9.73. The standard InChI is InChI=1S/C20H29FN4O3.ClH/c1-20(22-2)14-17(26)25(19(20)27)9-5-8-23-10-12-24(13-11-23)16-7-4-6-15(21)18(16)28-3;/h4,6-7,22H,5,8-14H2,1-3H3;1H. The third-order valence-corrected chi connectivity index (χ3v) is 5.79. The topological polar surface area (TPSA) is 65.1 Å². The number of methoxy groups -OCH3 is 1. The molecule has 1 N–H and O–H groups in total. The average Bonchev–Trinajstić information content (AvgIpc) is 2.92. The first-order valence-electron chi connectivity index (χ1n) is 9.73. The third-order valence-electron chi connectivity index (χ3n) is 5.79. The maximum atomic E-state index is 13.9. The number of anilines is 1. The number of hydrogen-bond donors (Lipinski definition) is 1. The van der Waals surface area contributed by atoms with E-state index in [1.165, 1.54) is 18.1 Å². The molecule has 1 aromatic rings. The quantitative estimate of drug-likeness (QED) is 0.664. The number of imide groups is 1. The molecule has 1 unspecified atom stereocenters. The number of likely N-dealkylation sites (tertiary alicyclic amines) is 1. The van der Waals surface area contributed by atoms with Gasteiger partial charge >= 0.3 is 0 Å². The number of halogens is 2. The Morgan fingerprint density at radius 1 is 1.17 bits per heavy atom. The number of rotatable bonds is 7. The summed E-state index contributed by atoms with van der Waals surface area (Å²) in [5, 5.41) is 2.96. The van der Waals surface area contributed by atoms with Crippen molar-refractivity contribution in [3.05, 3.63) is 24.0 Å². The second-order valence-electron chi connectivity index (χ2n) is 7.58. The Morgan fingerprint density at radius 3 is 2.45 bits per heavy atom. The number of ether oxygens (including phenoxy) is 1. The van der Waals surface area contributed by atoms with Crippen molar-refractivity contribution in [1.82, 2.24) is 15.1 Å². The number of hydrogen-bond acceptors (Lipinski definition) is 6. The lowest BCUT2D eigenvalue weighted by molar-refractivity contribution is -0.140. The second-order valence-corrected chi connectivity index (χ2v) is 7.58. The Hall–Kier alpha value is -1.90. The van der Waals surface area contributed by atoms with Gasteiger partial charge in [-0.25, -0.2) is 4.39 Å². The van der Waals surface area contributed by atoms with Crippen molar-refractivity contribution >= 4 is 29.9 Å². The van der Waals surface area contributed by atoms with Crippen LogP contribution in [0.25, 0.3) is 0 Å². The molecule has 9 heteroatoms. The summed E-state index contributed by atoms with van der Waals surface area (Å²) in [4.78, 5) is 30.4. The molecule has 2 heterocycles. The normalized spacial score (nSPS) is 22.8. The minimum absolute atomic E-state index is 0. The summed E-state index contributed by atoms with van der Waals surface area (Å²) in [6.45, 7) is 6.28. The molecular formula is C20H30ClFN4O3. The molecule has 2 fully saturated rings. The Bertz CT molecular complexity index is 742. The van der Waals surface area contributed by atoms with E-state index >= 15 is 0 Å². The Morgan fingerprint density at radius 2 is 1.86 bits per heavy atom. The van der Waals surface area contributed by atoms with Crippen molar-refractivity contribution in [2.75, 3.05) is 58.3 Å². The summed E-state index contributed by atoms with van der Waals surface area (Å²) in [5.74, 6) is -0.307. The van der Waals surface area contributed by atoms with Crippen molar-refractivity contribution in [1.29, 1.82) is 0 Å². The lowest BCUT2D eigenvalue weighted by Crippen LogP contribution is -2.48. The van der Waals surface area contributed by atoms with E-state index < -0.39 is 5.54 Å². The van der Waals surface area contributed by atoms with Crippen molar-refractivity contribution in [3.63, 3.8) is 0 Å². The van der Waals surface area contributed by atoms with Crippen LogP contribution < -0.4 is 15.0 Å². The van der Waals surface area contributed by atoms with Gasteiger partial charge in [0.25, 0.3) is 0 Å². The van der Waals surface area contributed by atoms with E-state index in [1.54, 1.807) is 20.0 Å². The van der Waals surface area contributed by atoms with E-state index in [4.69, 9.17) is 4.74 Å². The van der Waals surface area contributed by atoms with Crippen molar-refractivity contribution in [2.24, 2.45) is 0 Å². The predicted molar refractivity (Wildman–Crippen MR) is 112 cm³/mol. The van der Waals surface area contributed by atoms with Crippen LogP contribution in [-0.4, -0.2) is 80.6 Å². The number of piperazine rings is 1. The zero-order valence-electron chi connectivity index (χ0n) is 17.2. The van der Waals surface area contributed by atoms with Gasteiger partial charge in [0.1, 0.15) is 5.54 Å². The van der Waals surface area contributed by atoms with Crippen molar-refractivity contribution in [3.8, 4) is 5.75 Å². The average molecular weight is 429 g/mol. The molecule has 0 radical (unpaired) electrons. The van der Waals surface area contributed by atoms with E-state index in [2.05, 4.69) is 15.1 Å². The van der Waals surface area contributed by atoms with E-state index in [0.717, 1.165) is 44.8 Å². The highest BCUT2D eigenvalue weighted by molar-refractivity contribution is 6.08. The van der Waals surface area contributed by atoms with Gasteiger partial charge in [0, 0.05) is 32.7 Å². The number of amides is 2. The highest BCUT2D eigenvalue weighted by Crippen LogP contribution is 2.31. The van der Waals surface area contributed by atoms with Crippen LogP contribution in [0.5, 0.6) is 5.75 Å².